The van der Waals surface area contributed by atoms with E-state index < -0.39 is 20.0 Å². The summed E-state index contributed by atoms with van der Waals surface area (Å²) in [5, 5.41) is 0. The highest BCUT2D eigenvalue weighted by atomic mass is 31.1. The van der Waals surface area contributed by atoms with Crippen molar-refractivity contribution < 1.29 is 23.1 Å². The molecule has 0 heterocycles. The largest absolute Gasteiger partial charge is 0.497 e. The van der Waals surface area contributed by atoms with Crippen LogP contribution in [0.1, 0.15) is 100 Å². The molecule has 3 nitrogen and oxygen atoms in total. The van der Waals surface area contributed by atoms with E-state index in [1.807, 2.05) is 56.9 Å². The molecule has 0 aliphatic heterocycles. The van der Waals surface area contributed by atoms with E-state index in [4.69, 9.17) is 9.47 Å². The van der Waals surface area contributed by atoms with Gasteiger partial charge in [-0.1, -0.05) is 70.6 Å². The minimum Gasteiger partial charge on any atom is -0.497 e. The van der Waals surface area contributed by atoms with Crippen LogP contribution in [-0.2, 0) is 6.42 Å². The van der Waals surface area contributed by atoms with Crippen molar-refractivity contribution in [3.63, 3.8) is 0 Å². The van der Waals surface area contributed by atoms with E-state index in [0.717, 1.165) is 48.1 Å². The predicted molar refractivity (Wildman–Crippen MR) is 153 cm³/mol. The Morgan fingerprint density at radius 3 is 1.95 bits per heavy atom. The van der Waals surface area contributed by atoms with E-state index in [-0.39, 0.29) is 6.42 Å². The van der Waals surface area contributed by atoms with Crippen LogP contribution in [0.15, 0.2) is 42.5 Å². The van der Waals surface area contributed by atoms with Crippen molar-refractivity contribution >= 4 is 8.15 Å². The molecule has 3 aliphatic carbocycles. The molecular formula is C31H47F2O3P. The summed E-state index contributed by atoms with van der Waals surface area (Å²) >= 11 is 0. The van der Waals surface area contributed by atoms with Gasteiger partial charge in [0.05, 0.1) is 20.1 Å². The van der Waals surface area contributed by atoms with Gasteiger partial charge in [0.2, 0.25) is 0 Å². The van der Waals surface area contributed by atoms with Crippen LogP contribution in [0.4, 0.5) is 8.78 Å². The first-order chi connectivity index (χ1) is 17.8. The second-order valence-corrected chi connectivity index (χ2v) is 11.7. The van der Waals surface area contributed by atoms with Crippen LogP contribution in [0.3, 0.4) is 0 Å². The summed E-state index contributed by atoms with van der Waals surface area (Å²) in [4.78, 5) is 9.17. The van der Waals surface area contributed by atoms with Gasteiger partial charge in [0.1, 0.15) is 11.5 Å². The van der Waals surface area contributed by atoms with Crippen LogP contribution < -0.4 is 9.47 Å². The van der Waals surface area contributed by atoms with Gasteiger partial charge >= 0.3 is 0 Å². The Hall–Kier alpha value is -1.71. The molecule has 5 rings (SSSR count). The van der Waals surface area contributed by atoms with E-state index in [1.165, 1.54) is 44.1 Å². The topological polar surface area (TPSA) is 38.7 Å². The summed E-state index contributed by atoms with van der Waals surface area (Å²) in [6.45, 7) is 5.87. The van der Waals surface area contributed by atoms with Gasteiger partial charge in [-0.25, -0.2) is 8.78 Å². The molecule has 1 N–H and O–H groups in total. The lowest BCUT2D eigenvalue weighted by Crippen LogP contribution is -2.08. The molecule has 6 heteroatoms. The number of alkyl halides is 2. The highest BCUT2D eigenvalue weighted by Gasteiger charge is 2.58. The molecule has 2 atom stereocenters. The first kappa shape index (κ1) is 31.5. The van der Waals surface area contributed by atoms with Crippen LogP contribution >= 0.6 is 8.15 Å². The molecule has 0 bridgehead atoms. The highest BCUT2D eigenvalue weighted by molar-refractivity contribution is 7.50. The zero-order valence-corrected chi connectivity index (χ0v) is 24.3. The second kappa shape index (κ2) is 16.3. The third-order valence-electron chi connectivity index (χ3n) is 6.75. The number of methoxy groups -OCH3 is 2. The van der Waals surface area contributed by atoms with Gasteiger partial charge in [0, 0.05) is 14.6 Å². The van der Waals surface area contributed by atoms with E-state index in [2.05, 4.69) is 6.07 Å². The van der Waals surface area contributed by atoms with Crippen LogP contribution in [0.5, 0.6) is 11.5 Å². The summed E-state index contributed by atoms with van der Waals surface area (Å²) in [6.07, 6.45) is 12.2. The van der Waals surface area contributed by atoms with E-state index >= 15 is 0 Å². The summed E-state index contributed by atoms with van der Waals surface area (Å²) in [5.41, 5.74) is 3.20. The lowest BCUT2D eigenvalue weighted by molar-refractivity contribution is 0.112. The molecule has 0 spiro atoms. The molecule has 0 aromatic heterocycles. The summed E-state index contributed by atoms with van der Waals surface area (Å²) in [6, 6.07) is 13.6. The van der Waals surface area contributed by atoms with Crippen molar-refractivity contribution in [3.05, 3.63) is 59.2 Å². The Morgan fingerprint density at radius 2 is 1.43 bits per heavy atom. The van der Waals surface area contributed by atoms with Gasteiger partial charge in [-0.05, 0) is 79.0 Å². The molecule has 3 aliphatic rings. The number of aryl methyl sites for hydroxylation is 1. The SMILES string of the molecule is C1CC1.CC.COc1ccc(C2CC2(F)F)c(C2CCCCC2)c1.COc1cccc(CCP(C)O)c1. The molecule has 2 aromatic rings. The maximum atomic E-state index is 13.4. The lowest BCUT2D eigenvalue weighted by Gasteiger charge is -2.25. The van der Waals surface area contributed by atoms with Crippen molar-refractivity contribution in [1.29, 1.82) is 0 Å². The number of benzene rings is 2. The van der Waals surface area contributed by atoms with E-state index in [9.17, 15) is 13.7 Å². The Kier molecular flexibility index (Phi) is 13.9. The highest BCUT2D eigenvalue weighted by Crippen LogP contribution is 2.57. The van der Waals surface area contributed by atoms with E-state index in [0.29, 0.717) is 5.92 Å². The minimum atomic E-state index is -2.49. The molecule has 3 fully saturated rings. The first-order valence-corrected chi connectivity index (χ1v) is 15.9. The van der Waals surface area contributed by atoms with Gasteiger partial charge in [-0.2, -0.15) is 0 Å². The Balaban J connectivity index is 0.000000231. The van der Waals surface area contributed by atoms with Crippen LogP contribution in [0.2, 0.25) is 0 Å². The maximum Gasteiger partial charge on any atom is 0.255 e. The zero-order chi connectivity index (χ0) is 27.3. The predicted octanol–water partition coefficient (Wildman–Crippen LogP) is 9.32. The number of rotatable bonds is 7. The molecule has 2 unspecified atom stereocenters. The number of ether oxygens (including phenoxy) is 2. The van der Waals surface area contributed by atoms with Crippen molar-refractivity contribution in [3.8, 4) is 11.5 Å². The molecule has 37 heavy (non-hydrogen) atoms. The van der Waals surface area contributed by atoms with E-state index in [1.54, 1.807) is 14.2 Å². The first-order valence-electron chi connectivity index (χ1n) is 13.9. The minimum absolute atomic E-state index is 0.0129. The van der Waals surface area contributed by atoms with Crippen LogP contribution in [-0.4, -0.2) is 37.9 Å². The lowest BCUT2D eigenvalue weighted by atomic mass is 9.81. The fourth-order valence-corrected chi connectivity index (χ4v) is 5.02. The van der Waals surface area contributed by atoms with Crippen molar-refractivity contribution in [2.45, 2.75) is 95.8 Å². The Bertz CT molecular complexity index is 908. The van der Waals surface area contributed by atoms with Gasteiger partial charge in [0.15, 0.2) is 0 Å². The van der Waals surface area contributed by atoms with Crippen molar-refractivity contribution in [1.82, 2.24) is 0 Å². The molecule has 0 radical (unpaired) electrons. The van der Waals surface area contributed by atoms with Crippen LogP contribution in [0, 0.1) is 0 Å². The molecule has 0 saturated heterocycles. The third kappa shape index (κ3) is 11.3. The fourth-order valence-electron chi connectivity index (χ4n) is 4.43. The molecular weight excluding hydrogens is 489 g/mol. The van der Waals surface area contributed by atoms with Gasteiger partial charge in [-0.3, -0.25) is 0 Å². The summed E-state index contributed by atoms with van der Waals surface area (Å²) < 4.78 is 37.1. The molecule has 2 aromatic carbocycles. The zero-order valence-electron chi connectivity index (χ0n) is 23.4. The number of halogens is 2. The Morgan fingerprint density at radius 1 is 0.865 bits per heavy atom. The standard InChI is InChI=1S/C16H20F2O.C10H15O2P.C3H6.C2H6/c1-19-12-7-8-13(15-10-16(15,17)18)14(9-12)11-5-3-2-4-6-11;1-12-10-5-3-4-9(8-10)6-7-13(2)11;1-2-3-1;1-2/h7-9,11,15H,2-6,10H2,1H3;3-5,8,11H,6-7H2,1-2H3;1-3H2;1-2H3. The average Bonchev–Trinajstić information content (AvgIpc) is 3.87. The summed E-state index contributed by atoms with van der Waals surface area (Å²) in [5.74, 6) is -0.937. The van der Waals surface area contributed by atoms with Gasteiger partial charge in [-0.15, -0.1) is 0 Å². The van der Waals surface area contributed by atoms with Gasteiger partial charge in [0.25, 0.3) is 5.92 Å². The smallest absolute Gasteiger partial charge is 0.255 e. The third-order valence-corrected chi connectivity index (χ3v) is 7.62. The molecule has 0 amide bonds. The number of hydrogen-bond acceptors (Lipinski definition) is 3. The van der Waals surface area contributed by atoms with Crippen LogP contribution in [0.25, 0.3) is 0 Å². The normalized spacial score (nSPS) is 19.9. The molecule has 208 valence electrons. The monoisotopic (exact) mass is 536 g/mol. The van der Waals surface area contributed by atoms with Gasteiger partial charge < -0.3 is 14.4 Å². The second-order valence-electron chi connectivity index (χ2n) is 9.89. The van der Waals surface area contributed by atoms with Crippen molar-refractivity contribution in [2.75, 3.05) is 27.0 Å². The molecule has 3 saturated carbocycles. The van der Waals surface area contributed by atoms with Crippen molar-refractivity contribution in [2.24, 2.45) is 0 Å². The maximum absolute atomic E-state index is 13.4. The quantitative estimate of drug-likeness (QED) is 0.358. The summed E-state index contributed by atoms with van der Waals surface area (Å²) in [7, 11) is 2.52. The number of hydrogen-bond donors (Lipinski definition) is 1. The average molecular weight is 537 g/mol. The Labute approximate surface area is 224 Å². The fraction of sp³-hybridized carbons (Fsp3) is 0.613.